The van der Waals surface area contributed by atoms with Crippen LogP contribution in [0.3, 0.4) is 0 Å². The van der Waals surface area contributed by atoms with Gasteiger partial charge >= 0.3 is 5.97 Å². The van der Waals surface area contributed by atoms with Crippen LogP contribution in [-0.2, 0) is 11.4 Å². The number of carbonyl (C=O) groups excluding carboxylic acids is 1. The Hall–Kier alpha value is -3.19. The van der Waals surface area contributed by atoms with Gasteiger partial charge in [-0.15, -0.1) is 0 Å². The van der Waals surface area contributed by atoms with Crippen molar-refractivity contribution < 1.29 is 28.6 Å². The largest absolute Gasteiger partial charge is 0.494 e. The smallest absolute Gasteiger partial charge is 0.310 e. The van der Waals surface area contributed by atoms with Crippen LogP contribution in [0, 0.1) is 11.2 Å². The number of methoxy groups -OCH3 is 1. The van der Waals surface area contributed by atoms with E-state index < -0.39 is 17.2 Å². The third kappa shape index (κ3) is 3.98. The zero-order chi connectivity index (χ0) is 24.0. The molecule has 7 heteroatoms. The number of benzene rings is 2. The molecule has 0 unspecified atom stereocenters. The average molecular weight is 466 g/mol. The maximum atomic E-state index is 14.6. The van der Waals surface area contributed by atoms with E-state index in [4.69, 9.17) is 9.47 Å². The highest BCUT2D eigenvalue weighted by Gasteiger charge is 2.51. The minimum absolute atomic E-state index is 0.0356. The summed E-state index contributed by atoms with van der Waals surface area (Å²) in [5, 5.41) is 9.56. The molecule has 2 aliphatic heterocycles. The molecule has 34 heavy (non-hydrogen) atoms. The van der Waals surface area contributed by atoms with Gasteiger partial charge in [-0.3, -0.25) is 9.59 Å². The Morgan fingerprint density at radius 2 is 1.88 bits per heavy atom. The molecule has 5 rings (SSSR count). The summed E-state index contributed by atoms with van der Waals surface area (Å²) in [6.07, 6.45) is 3.00. The molecule has 0 spiro atoms. The van der Waals surface area contributed by atoms with E-state index in [0.29, 0.717) is 17.9 Å². The summed E-state index contributed by atoms with van der Waals surface area (Å²) in [4.78, 5) is 26.0. The van der Waals surface area contributed by atoms with Gasteiger partial charge in [0.15, 0.2) is 17.3 Å². The Balaban J connectivity index is 1.57. The number of rotatable bonds is 5. The van der Waals surface area contributed by atoms with E-state index >= 15 is 0 Å². The summed E-state index contributed by atoms with van der Waals surface area (Å²) in [6, 6.07) is 8.61. The highest BCUT2D eigenvalue weighted by Crippen LogP contribution is 2.48. The number of hydrogen-bond acceptors (Lipinski definition) is 5. The van der Waals surface area contributed by atoms with Crippen LogP contribution in [0.15, 0.2) is 35.9 Å². The van der Waals surface area contributed by atoms with E-state index in [-0.39, 0.29) is 18.1 Å². The number of nitrogens with zero attached hydrogens (tertiary/aromatic N) is 1. The second-order valence-electron chi connectivity index (χ2n) is 9.54. The first-order chi connectivity index (χ1) is 16.3. The van der Waals surface area contributed by atoms with Gasteiger partial charge in [0.25, 0.3) is 0 Å². The van der Waals surface area contributed by atoms with Gasteiger partial charge in [-0.05, 0) is 74.1 Å². The van der Waals surface area contributed by atoms with Crippen molar-refractivity contribution in [1.29, 1.82) is 0 Å². The third-order valence-corrected chi connectivity index (χ3v) is 7.33. The molecule has 178 valence electrons. The van der Waals surface area contributed by atoms with Crippen molar-refractivity contribution in [3.8, 4) is 11.5 Å². The highest BCUT2D eigenvalue weighted by atomic mass is 19.1. The van der Waals surface area contributed by atoms with E-state index in [2.05, 4.69) is 4.90 Å². The predicted octanol–water partition coefficient (Wildman–Crippen LogP) is 4.69. The molecule has 0 aromatic heterocycles. The monoisotopic (exact) mass is 465 g/mol. The quantitative estimate of drug-likeness (QED) is 0.646. The molecule has 1 N–H and O–H groups in total. The number of piperidine rings is 1. The van der Waals surface area contributed by atoms with Gasteiger partial charge in [0.1, 0.15) is 12.4 Å². The summed E-state index contributed by atoms with van der Waals surface area (Å²) >= 11 is 0. The Morgan fingerprint density at radius 3 is 2.50 bits per heavy atom. The van der Waals surface area contributed by atoms with Gasteiger partial charge in [0, 0.05) is 36.3 Å². The van der Waals surface area contributed by atoms with Crippen molar-refractivity contribution in [2.45, 2.75) is 39.2 Å². The van der Waals surface area contributed by atoms with Crippen LogP contribution in [0.2, 0.25) is 0 Å². The van der Waals surface area contributed by atoms with E-state index in [1.54, 1.807) is 12.1 Å². The molecule has 2 aromatic rings. The zero-order valence-electron chi connectivity index (χ0n) is 19.4. The van der Waals surface area contributed by atoms with E-state index in [1.165, 1.54) is 25.7 Å². The molecule has 0 atom stereocenters. The third-order valence-electron chi connectivity index (χ3n) is 7.33. The van der Waals surface area contributed by atoms with Crippen LogP contribution < -0.4 is 9.47 Å². The lowest BCUT2D eigenvalue weighted by Crippen LogP contribution is -2.38. The number of likely N-dealkylation sites (tertiary alicyclic amines) is 1. The molecule has 1 saturated heterocycles. The lowest BCUT2D eigenvalue weighted by atomic mass is 9.85. The predicted molar refractivity (Wildman–Crippen MR) is 125 cm³/mol. The molecular formula is C27H28FNO5. The number of carboxylic acid groups (broad SMARTS) is 1. The molecule has 2 aromatic carbocycles. The average Bonchev–Trinajstić information content (AvgIpc) is 3.62. The van der Waals surface area contributed by atoms with Gasteiger partial charge in [0.05, 0.1) is 12.5 Å². The Bertz CT molecular complexity index is 1200. The van der Waals surface area contributed by atoms with E-state index in [0.717, 1.165) is 61.0 Å². The van der Waals surface area contributed by atoms with Crippen LogP contribution in [-0.4, -0.2) is 48.5 Å². The first kappa shape index (κ1) is 22.6. The Morgan fingerprint density at radius 1 is 1.15 bits per heavy atom. The number of hydrogen-bond donors (Lipinski definition) is 1. The van der Waals surface area contributed by atoms with Gasteiger partial charge in [-0.2, -0.15) is 0 Å². The van der Waals surface area contributed by atoms with Crippen LogP contribution in [0.5, 0.6) is 11.5 Å². The number of ketones is 1. The Kier molecular flexibility index (Phi) is 5.68. The van der Waals surface area contributed by atoms with Gasteiger partial charge in [-0.25, -0.2) is 4.39 Å². The van der Waals surface area contributed by atoms with Crippen molar-refractivity contribution in [2.24, 2.45) is 5.41 Å². The van der Waals surface area contributed by atoms with Gasteiger partial charge in [-0.1, -0.05) is 5.57 Å². The first-order valence-electron chi connectivity index (χ1n) is 11.6. The minimum Gasteiger partial charge on any atom is -0.494 e. The van der Waals surface area contributed by atoms with Crippen LogP contribution in [0.25, 0.3) is 5.57 Å². The highest BCUT2D eigenvalue weighted by molar-refractivity contribution is 5.97. The number of aliphatic carboxylic acids is 1. The molecule has 1 saturated carbocycles. The fraction of sp³-hybridized carbons (Fsp3) is 0.407. The number of Topliss-reactive ketones (excluding diaryl/α,β-unsaturated/α-hetero) is 1. The number of ether oxygens (including phenoxy) is 2. The van der Waals surface area contributed by atoms with Gasteiger partial charge in [0.2, 0.25) is 0 Å². The number of carbonyl (C=O) groups is 2. The minimum atomic E-state index is -0.702. The van der Waals surface area contributed by atoms with E-state index in [1.807, 2.05) is 12.1 Å². The second-order valence-corrected chi connectivity index (χ2v) is 9.54. The van der Waals surface area contributed by atoms with Crippen molar-refractivity contribution >= 4 is 17.3 Å². The molecule has 3 aliphatic rings. The summed E-state index contributed by atoms with van der Waals surface area (Å²) in [5.41, 5.74) is 4.57. The van der Waals surface area contributed by atoms with Crippen LogP contribution >= 0.6 is 0 Å². The standard InChI is InChI=1S/C27H28FNO5/c1-16(30)18-3-4-23-21(11-18)25(20-13-24(33-2)22(28)12-19(20)14-34-23)17-5-9-29(10-6-17)15-27(7-8-27)26(31)32/h3-4,11-13H,5-10,14-15H2,1-2H3,(H,31,32). The molecule has 2 fully saturated rings. The summed E-state index contributed by atoms with van der Waals surface area (Å²) in [5.74, 6) is -0.355. The lowest BCUT2D eigenvalue weighted by Gasteiger charge is -2.32. The van der Waals surface area contributed by atoms with Crippen molar-refractivity contribution in [3.05, 3.63) is 64.0 Å². The Labute approximate surface area is 198 Å². The zero-order valence-corrected chi connectivity index (χ0v) is 19.4. The topological polar surface area (TPSA) is 76.1 Å². The fourth-order valence-electron chi connectivity index (χ4n) is 5.10. The lowest BCUT2D eigenvalue weighted by molar-refractivity contribution is -0.144. The second kappa shape index (κ2) is 8.55. The molecular weight excluding hydrogens is 437 g/mol. The SMILES string of the molecule is COc1cc2c(cc1F)COc1ccc(C(C)=O)cc1C2=C1CCN(CC2(C(=O)O)CC2)CC1. The molecule has 1 aliphatic carbocycles. The molecule has 2 heterocycles. The maximum absolute atomic E-state index is 14.6. The van der Waals surface area contributed by atoms with Crippen molar-refractivity contribution in [2.75, 3.05) is 26.7 Å². The number of carboxylic acids is 1. The molecule has 0 radical (unpaired) electrons. The van der Waals surface area contributed by atoms with E-state index in [9.17, 15) is 19.1 Å². The maximum Gasteiger partial charge on any atom is 0.310 e. The molecule has 6 nitrogen and oxygen atoms in total. The van der Waals surface area contributed by atoms with Crippen molar-refractivity contribution in [3.63, 3.8) is 0 Å². The number of fused-ring (bicyclic) bond motifs is 2. The first-order valence-corrected chi connectivity index (χ1v) is 11.6. The molecule has 0 bridgehead atoms. The van der Waals surface area contributed by atoms with Crippen LogP contribution in [0.4, 0.5) is 4.39 Å². The van der Waals surface area contributed by atoms with Gasteiger partial charge < -0.3 is 19.5 Å². The summed E-state index contributed by atoms with van der Waals surface area (Å²) in [7, 11) is 1.45. The summed E-state index contributed by atoms with van der Waals surface area (Å²) < 4.78 is 25.9. The summed E-state index contributed by atoms with van der Waals surface area (Å²) in [6.45, 7) is 3.84. The van der Waals surface area contributed by atoms with Crippen molar-refractivity contribution in [1.82, 2.24) is 4.90 Å². The fourth-order valence-corrected chi connectivity index (χ4v) is 5.10. The van der Waals surface area contributed by atoms with Crippen LogP contribution in [0.1, 0.15) is 59.7 Å². The normalized spacial score (nSPS) is 18.9. The number of halogens is 1. The molecule has 0 amide bonds.